The second-order valence-corrected chi connectivity index (χ2v) is 6.38. The van der Waals surface area contributed by atoms with Gasteiger partial charge in [-0.05, 0) is 47.3 Å². The van der Waals surface area contributed by atoms with E-state index < -0.39 is 0 Å². The molecule has 1 rings (SSSR count). The highest BCUT2D eigenvalue weighted by molar-refractivity contribution is 9.11. The summed E-state index contributed by atoms with van der Waals surface area (Å²) in [7, 11) is 0. The zero-order valence-electron chi connectivity index (χ0n) is 8.97. The number of rotatable bonds is 7. The van der Waals surface area contributed by atoms with Crippen LogP contribution in [0, 0.1) is 0 Å². The first-order valence-electron chi connectivity index (χ1n) is 5.29. The van der Waals surface area contributed by atoms with E-state index in [9.17, 15) is 4.79 Å². The first kappa shape index (κ1) is 14.0. The van der Waals surface area contributed by atoms with Crippen LogP contribution >= 0.6 is 38.9 Å². The second kappa shape index (κ2) is 8.09. The predicted octanol–water partition coefficient (Wildman–Crippen LogP) is 3.58. The average molecular weight is 325 g/mol. The van der Waals surface area contributed by atoms with Gasteiger partial charge in [0.05, 0.1) is 3.79 Å². The Labute approximate surface area is 114 Å². The fourth-order valence-corrected chi connectivity index (χ4v) is 2.95. The molecule has 1 aromatic heterocycles. The molecule has 0 fully saturated rings. The molecule has 0 radical (unpaired) electrons. The summed E-state index contributed by atoms with van der Waals surface area (Å²) < 4.78 is 1.14. The fourth-order valence-electron chi connectivity index (χ4n) is 1.28. The van der Waals surface area contributed by atoms with E-state index in [0.717, 1.165) is 23.0 Å². The van der Waals surface area contributed by atoms with Crippen LogP contribution in [0.2, 0.25) is 0 Å². The topological polar surface area (TPSA) is 29.1 Å². The molecule has 0 aliphatic rings. The molecule has 90 valence electrons. The molecule has 0 bridgehead atoms. The van der Waals surface area contributed by atoms with Gasteiger partial charge in [-0.2, -0.15) is 0 Å². The van der Waals surface area contributed by atoms with Gasteiger partial charge in [0.15, 0.2) is 0 Å². The Morgan fingerprint density at radius 3 is 2.88 bits per heavy atom. The Morgan fingerprint density at radius 1 is 1.44 bits per heavy atom. The third-order valence-electron chi connectivity index (χ3n) is 2.11. The van der Waals surface area contributed by atoms with Crippen molar-refractivity contribution in [2.24, 2.45) is 0 Å². The number of thiophene rings is 1. The number of alkyl halides is 1. The quantitative estimate of drug-likeness (QED) is 0.603. The molecule has 0 saturated heterocycles. The van der Waals surface area contributed by atoms with E-state index in [1.165, 1.54) is 4.88 Å². The van der Waals surface area contributed by atoms with Crippen LogP contribution in [0.15, 0.2) is 15.9 Å². The monoisotopic (exact) mass is 323 g/mol. The molecule has 1 heterocycles. The Bertz CT molecular complexity index is 330. The van der Waals surface area contributed by atoms with E-state index in [4.69, 9.17) is 11.6 Å². The van der Waals surface area contributed by atoms with Crippen LogP contribution in [0.25, 0.3) is 0 Å². The van der Waals surface area contributed by atoms with Crippen molar-refractivity contribution in [3.8, 4) is 0 Å². The highest BCUT2D eigenvalue weighted by atomic mass is 79.9. The molecule has 0 aliphatic carbocycles. The maximum atomic E-state index is 11.4. The highest BCUT2D eigenvalue weighted by Gasteiger charge is 2.01. The largest absolute Gasteiger partial charge is 0.356 e. The Morgan fingerprint density at radius 2 is 2.25 bits per heavy atom. The van der Waals surface area contributed by atoms with E-state index in [-0.39, 0.29) is 5.91 Å². The highest BCUT2D eigenvalue weighted by Crippen LogP contribution is 2.21. The first-order valence-corrected chi connectivity index (χ1v) is 7.43. The smallest absolute Gasteiger partial charge is 0.220 e. The molecule has 16 heavy (non-hydrogen) atoms. The molecular weight excluding hydrogens is 310 g/mol. The minimum Gasteiger partial charge on any atom is -0.356 e. The molecule has 1 amide bonds. The average Bonchev–Trinajstić information content (AvgIpc) is 2.65. The number of halogens is 2. The van der Waals surface area contributed by atoms with Crippen LogP contribution in [-0.4, -0.2) is 18.3 Å². The van der Waals surface area contributed by atoms with Crippen LogP contribution in [0.4, 0.5) is 0 Å². The molecule has 2 nitrogen and oxygen atoms in total. The molecule has 0 spiro atoms. The number of carbonyl (C=O) groups is 1. The van der Waals surface area contributed by atoms with Crippen molar-refractivity contribution in [1.29, 1.82) is 0 Å². The van der Waals surface area contributed by atoms with Gasteiger partial charge in [-0.3, -0.25) is 4.79 Å². The van der Waals surface area contributed by atoms with Gasteiger partial charge < -0.3 is 5.32 Å². The van der Waals surface area contributed by atoms with E-state index in [1.54, 1.807) is 11.3 Å². The second-order valence-electron chi connectivity index (χ2n) is 3.45. The number of hydrogen-bond donors (Lipinski definition) is 1. The van der Waals surface area contributed by atoms with Gasteiger partial charge in [0, 0.05) is 23.7 Å². The van der Waals surface area contributed by atoms with Crippen LogP contribution < -0.4 is 5.32 Å². The minimum atomic E-state index is 0.126. The lowest BCUT2D eigenvalue weighted by Crippen LogP contribution is -2.25. The number of carbonyl (C=O) groups excluding carboxylic acids is 1. The van der Waals surface area contributed by atoms with Crippen molar-refractivity contribution < 1.29 is 4.79 Å². The number of hydrogen-bond acceptors (Lipinski definition) is 2. The zero-order chi connectivity index (χ0) is 11.8. The molecule has 0 atom stereocenters. The van der Waals surface area contributed by atoms with Crippen molar-refractivity contribution in [1.82, 2.24) is 5.32 Å². The third-order valence-corrected chi connectivity index (χ3v) is 4.06. The Balaban J connectivity index is 2.08. The van der Waals surface area contributed by atoms with Crippen LogP contribution in [-0.2, 0) is 11.2 Å². The maximum Gasteiger partial charge on any atom is 0.220 e. The Hall–Kier alpha value is -0.0600. The van der Waals surface area contributed by atoms with Gasteiger partial charge in [0.2, 0.25) is 5.91 Å². The summed E-state index contributed by atoms with van der Waals surface area (Å²) in [5.41, 5.74) is 0. The van der Waals surface area contributed by atoms with Gasteiger partial charge in [-0.1, -0.05) is 0 Å². The van der Waals surface area contributed by atoms with E-state index in [0.29, 0.717) is 18.8 Å². The van der Waals surface area contributed by atoms with Crippen molar-refractivity contribution in [3.05, 3.63) is 20.8 Å². The van der Waals surface area contributed by atoms with Crippen LogP contribution in [0.3, 0.4) is 0 Å². The third kappa shape index (κ3) is 5.87. The lowest BCUT2D eigenvalue weighted by atomic mass is 10.2. The van der Waals surface area contributed by atoms with Gasteiger partial charge >= 0.3 is 0 Å². The van der Waals surface area contributed by atoms with E-state index >= 15 is 0 Å². The zero-order valence-corrected chi connectivity index (χ0v) is 12.1. The number of unbranched alkanes of at least 4 members (excludes halogenated alkanes) is 1. The molecule has 0 aromatic carbocycles. The van der Waals surface area contributed by atoms with Crippen molar-refractivity contribution >= 4 is 44.8 Å². The SMILES string of the molecule is O=C(CCCCCl)NCCc1ccc(Br)s1. The summed E-state index contributed by atoms with van der Waals surface area (Å²) in [6.07, 6.45) is 3.27. The first-order chi connectivity index (χ1) is 7.72. The molecule has 0 unspecified atom stereocenters. The molecule has 1 aromatic rings. The fraction of sp³-hybridized carbons (Fsp3) is 0.545. The van der Waals surface area contributed by atoms with Crippen LogP contribution in [0.1, 0.15) is 24.1 Å². The summed E-state index contributed by atoms with van der Waals surface area (Å²) in [5.74, 6) is 0.761. The summed E-state index contributed by atoms with van der Waals surface area (Å²) in [4.78, 5) is 12.6. The summed E-state index contributed by atoms with van der Waals surface area (Å²) >= 11 is 10.7. The lowest BCUT2D eigenvalue weighted by Gasteiger charge is -2.03. The van der Waals surface area contributed by atoms with Crippen molar-refractivity contribution in [2.45, 2.75) is 25.7 Å². The summed E-state index contributed by atoms with van der Waals surface area (Å²) in [6.45, 7) is 0.715. The molecule has 5 heteroatoms. The van der Waals surface area contributed by atoms with Crippen LogP contribution in [0.5, 0.6) is 0 Å². The molecular formula is C11H15BrClNOS. The standard InChI is InChI=1S/C11H15BrClNOS/c12-10-5-4-9(16-10)6-8-14-11(15)3-1-2-7-13/h4-5H,1-3,6-8H2,(H,14,15). The van der Waals surface area contributed by atoms with Gasteiger partial charge in [-0.15, -0.1) is 22.9 Å². The van der Waals surface area contributed by atoms with Crippen molar-refractivity contribution in [2.75, 3.05) is 12.4 Å². The summed E-state index contributed by atoms with van der Waals surface area (Å²) in [6, 6.07) is 4.11. The lowest BCUT2D eigenvalue weighted by molar-refractivity contribution is -0.121. The maximum absolute atomic E-state index is 11.4. The summed E-state index contributed by atoms with van der Waals surface area (Å²) in [5, 5.41) is 2.91. The van der Waals surface area contributed by atoms with E-state index in [1.807, 2.05) is 6.07 Å². The predicted molar refractivity (Wildman–Crippen MR) is 73.3 cm³/mol. The van der Waals surface area contributed by atoms with Gasteiger partial charge in [-0.25, -0.2) is 0 Å². The molecule has 0 saturated carbocycles. The number of nitrogens with one attached hydrogen (secondary N) is 1. The normalized spacial score (nSPS) is 10.4. The number of amides is 1. The van der Waals surface area contributed by atoms with Crippen molar-refractivity contribution in [3.63, 3.8) is 0 Å². The minimum absolute atomic E-state index is 0.126. The molecule has 0 aliphatic heterocycles. The molecule has 1 N–H and O–H groups in total. The van der Waals surface area contributed by atoms with Gasteiger partial charge in [0.1, 0.15) is 0 Å². The van der Waals surface area contributed by atoms with E-state index in [2.05, 4.69) is 27.3 Å². The van der Waals surface area contributed by atoms with Gasteiger partial charge in [0.25, 0.3) is 0 Å². The Kier molecular flexibility index (Phi) is 7.08.